The molecule has 8 heteroatoms. The van der Waals surface area contributed by atoms with E-state index in [0.717, 1.165) is 11.1 Å². The van der Waals surface area contributed by atoms with E-state index in [9.17, 15) is 19.5 Å². The monoisotopic (exact) mass is 429 g/mol. The summed E-state index contributed by atoms with van der Waals surface area (Å²) >= 11 is 4.29. The number of carboxylic acid groups (broad SMARTS) is 1. The van der Waals surface area contributed by atoms with E-state index in [4.69, 9.17) is 5.73 Å². The molecule has 0 radical (unpaired) electrons. The Hall–Kier alpha value is -3.00. The summed E-state index contributed by atoms with van der Waals surface area (Å²) in [6.07, 6.45) is -0.00941. The van der Waals surface area contributed by atoms with E-state index in [2.05, 4.69) is 23.3 Å². The maximum absolute atomic E-state index is 13.0. The number of amides is 2. The number of primary amides is 1. The molecule has 2 atom stereocenters. The second kappa shape index (κ2) is 10.7. The minimum atomic E-state index is -1.89. The molecule has 0 aliphatic carbocycles. The van der Waals surface area contributed by atoms with Crippen molar-refractivity contribution in [2.45, 2.75) is 31.8 Å². The number of aliphatic carboxylic acids is 1. The van der Waals surface area contributed by atoms with E-state index < -0.39 is 29.4 Å². The third-order valence-corrected chi connectivity index (χ3v) is 5.21. The molecule has 0 aliphatic rings. The summed E-state index contributed by atoms with van der Waals surface area (Å²) < 4.78 is 0. The molecule has 5 N–H and O–H groups in total. The van der Waals surface area contributed by atoms with Gasteiger partial charge in [0, 0.05) is 24.3 Å². The summed E-state index contributed by atoms with van der Waals surface area (Å²) in [5, 5.41) is 15.4. The predicted molar refractivity (Wildman–Crippen MR) is 119 cm³/mol. The van der Waals surface area contributed by atoms with E-state index in [1.807, 2.05) is 31.2 Å². The molecular weight excluding hydrogens is 402 g/mol. The van der Waals surface area contributed by atoms with Crippen molar-refractivity contribution < 1.29 is 19.5 Å². The molecule has 160 valence electrons. The van der Waals surface area contributed by atoms with Gasteiger partial charge in [-0.05, 0) is 31.0 Å². The summed E-state index contributed by atoms with van der Waals surface area (Å²) in [5.41, 5.74) is 5.90. The zero-order valence-corrected chi connectivity index (χ0v) is 17.7. The van der Waals surface area contributed by atoms with E-state index in [-0.39, 0.29) is 18.6 Å². The highest BCUT2D eigenvalue weighted by Crippen LogP contribution is 2.21. The number of anilines is 1. The van der Waals surface area contributed by atoms with Gasteiger partial charge in [0.1, 0.15) is 0 Å². The van der Waals surface area contributed by atoms with Gasteiger partial charge in [-0.3, -0.25) is 9.59 Å². The Labute approximate surface area is 181 Å². The van der Waals surface area contributed by atoms with Crippen LogP contribution < -0.4 is 16.4 Å². The highest BCUT2D eigenvalue weighted by Gasteiger charge is 2.41. The molecule has 0 spiro atoms. The van der Waals surface area contributed by atoms with Crippen LogP contribution in [0.25, 0.3) is 0 Å². The van der Waals surface area contributed by atoms with Crippen LogP contribution in [-0.2, 0) is 20.8 Å². The van der Waals surface area contributed by atoms with Gasteiger partial charge in [-0.2, -0.15) is 12.6 Å². The van der Waals surface area contributed by atoms with Crippen molar-refractivity contribution >= 4 is 36.1 Å². The van der Waals surface area contributed by atoms with Gasteiger partial charge in [-0.15, -0.1) is 0 Å². The van der Waals surface area contributed by atoms with Crippen LogP contribution in [0, 0.1) is 12.8 Å². The number of carboxylic acids is 1. The number of nitrogens with two attached hydrogens (primary N) is 1. The van der Waals surface area contributed by atoms with Crippen LogP contribution in [0.15, 0.2) is 54.6 Å². The second-order valence-electron chi connectivity index (χ2n) is 7.23. The lowest BCUT2D eigenvalue weighted by atomic mass is 9.96. The van der Waals surface area contributed by atoms with Crippen molar-refractivity contribution in [3.05, 3.63) is 65.7 Å². The van der Waals surface area contributed by atoms with Crippen LogP contribution in [0.5, 0.6) is 0 Å². The maximum atomic E-state index is 13.0. The van der Waals surface area contributed by atoms with Crippen molar-refractivity contribution in [3.63, 3.8) is 0 Å². The zero-order chi connectivity index (χ0) is 22.1. The third kappa shape index (κ3) is 6.52. The van der Waals surface area contributed by atoms with Gasteiger partial charge in [0.05, 0.1) is 5.92 Å². The Kier molecular flexibility index (Phi) is 8.29. The van der Waals surface area contributed by atoms with Crippen molar-refractivity contribution in [3.8, 4) is 0 Å². The minimum absolute atomic E-state index is 0.206. The van der Waals surface area contributed by atoms with Gasteiger partial charge in [0.25, 0.3) is 0 Å². The molecule has 2 amide bonds. The molecule has 1 unspecified atom stereocenters. The van der Waals surface area contributed by atoms with Crippen LogP contribution >= 0.6 is 12.6 Å². The average molecular weight is 430 g/mol. The summed E-state index contributed by atoms with van der Waals surface area (Å²) in [5.74, 6) is -2.76. The van der Waals surface area contributed by atoms with Crippen LogP contribution in [-0.4, -0.2) is 34.3 Å². The molecule has 2 aromatic rings. The second-order valence-corrected chi connectivity index (χ2v) is 7.59. The maximum Gasteiger partial charge on any atom is 0.350 e. The summed E-state index contributed by atoms with van der Waals surface area (Å²) in [6, 6.07) is 16.4. The largest absolute Gasteiger partial charge is 0.478 e. The summed E-state index contributed by atoms with van der Waals surface area (Å²) in [7, 11) is 0. The van der Waals surface area contributed by atoms with Gasteiger partial charge in [0.15, 0.2) is 0 Å². The number of rotatable bonds is 11. The summed E-state index contributed by atoms with van der Waals surface area (Å²) in [6.45, 7) is 1.97. The fraction of sp³-hybridized carbons (Fsp3) is 0.318. The quantitative estimate of drug-likeness (QED) is 0.277. The molecule has 0 fully saturated rings. The van der Waals surface area contributed by atoms with Crippen molar-refractivity contribution in [1.29, 1.82) is 0 Å². The van der Waals surface area contributed by atoms with Crippen molar-refractivity contribution in [2.24, 2.45) is 11.7 Å². The Morgan fingerprint density at radius 3 is 2.27 bits per heavy atom. The molecule has 0 aromatic heterocycles. The lowest BCUT2D eigenvalue weighted by Crippen LogP contribution is -2.61. The lowest BCUT2D eigenvalue weighted by Gasteiger charge is -2.33. The fourth-order valence-electron chi connectivity index (χ4n) is 3.01. The number of carbonyl (C=O) groups excluding carboxylic acids is 2. The lowest BCUT2D eigenvalue weighted by molar-refractivity contribution is -0.147. The van der Waals surface area contributed by atoms with Crippen molar-refractivity contribution in [1.82, 2.24) is 5.32 Å². The number of aryl methyl sites for hydroxylation is 1. The Bertz CT molecular complexity index is 874. The molecule has 0 saturated carbocycles. The first-order chi connectivity index (χ1) is 14.3. The van der Waals surface area contributed by atoms with Crippen LogP contribution in [0.2, 0.25) is 0 Å². The first kappa shape index (κ1) is 23.3. The molecule has 0 bridgehead atoms. The van der Waals surface area contributed by atoms with Gasteiger partial charge >= 0.3 is 5.97 Å². The normalized spacial score (nSPS) is 13.7. The Morgan fingerprint density at radius 1 is 1.10 bits per heavy atom. The van der Waals surface area contributed by atoms with Gasteiger partial charge in [0.2, 0.25) is 17.5 Å². The number of hydrogen-bond donors (Lipinski definition) is 5. The van der Waals surface area contributed by atoms with Gasteiger partial charge in [-0.1, -0.05) is 48.0 Å². The molecule has 7 nitrogen and oxygen atoms in total. The number of nitrogens with one attached hydrogen (secondary N) is 2. The predicted octanol–water partition coefficient (Wildman–Crippen LogP) is 2.36. The first-order valence-electron chi connectivity index (χ1n) is 9.59. The molecule has 30 heavy (non-hydrogen) atoms. The number of hydrogen-bond acceptors (Lipinski definition) is 5. The molecule has 2 aromatic carbocycles. The Balaban J connectivity index is 2.26. The van der Waals surface area contributed by atoms with E-state index >= 15 is 0 Å². The van der Waals surface area contributed by atoms with Crippen LogP contribution in [0.4, 0.5) is 5.69 Å². The number of benzene rings is 2. The van der Waals surface area contributed by atoms with Gasteiger partial charge < -0.3 is 21.5 Å². The third-order valence-electron chi connectivity index (χ3n) is 4.77. The molecular formula is C22H27N3O4S. The topological polar surface area (TPSA) is 122 Å². The van der Waals surface area contributed by atoms with Gasteiger partial charge in [-0.25, -0.2) is 4.79 Å². The number of thiol groups is 1. The average Bonchev–Trinajstić information content (AvgIpc) is 2.72. The van der Waals surface area contributed by atoms with E-state index in [1.54, 1.807) is 30.3 Å². The minimum Gasteiger partial charge on any atom is -0.478 e. The van der Waals surface area contributed by atoms with Crippen molar-refractivity contribution in [2.75, 3.05) is 11.1 Å². The summed E-state index contributed by atoms with van der Waals surface area (Å²) in [4.78, 5) is 36.6. The van der Waals surface area contributed by atoms with Crippen LogP contribution in [0.3, 0.4) is 0 Å². The first-order valence-corrected chi connectivity index (χ1v) is 10.2. The number of carbonyl (C=O) groups is 3. The molecule has 2 rings (SSSR count). The number of para-hydroxylation sites is 1. The molecule has 0 heterocycles. The standard InChI is InChI=1S/C22H27N3O4S/c1-15-7-9-16(10-8-15)13-17(14-30)20(27)25-22(21(28)29,12-11-19(23)26)24-18-5-3-2-4-6-18/h2-10,17,24,30H,11-14H2,1H3,(H2,23,26)(H,25,27)(H,28,29)/t17?,22-/m0/s1. The smallest absolute Gasteiger partial charge is 0.350 e. The highest BCUT2D eigenvalue weighted by molar-refractivity contribution is 7.80. The van der Waals surface area contributed by atoms with E-state index in [1.165, 1.54) is 0 Å². The molecule has 0 aliphatic heterocycles. The Morgan fingerprint density at radius 2 is 1.73 bits per heavy atom. The highest BCUT2D eigenvalue weighted by atomic mass is 32.1. The SMILES string of the molecule is Cc1ccc(CC(CS)C(=O)N[C@](CCC(N)=O)(Nc2ccccc2)C(=O)O)cc1. The van der Waals surface area contributed by atoms with E-state index in [0.29, 0.717) is 12.1 Å². The fourth-order valence-corrected chi connectivity index (χ4v) is 3.30. The van der Waals surface area contributed by atoms with Crippen LogP contribution in [0.1, 0.15) is 24.0 Å². The zero-order valence-electron chi connectivity index (χ0n) is 16.8. The molecule has 0 saturated heterocycles.